The maximum atomic E-state index is 11.6. The van der Waals surface area contributed by atoms with E-state index in [-0.39, 0.29) is 23.4 Å². The first-order valence-corrected chi connectivity index (χ1v) is 8.05. The van der Waals surface area contributed by atoms with E-state index in [2.05, 4.69) is 25.6 Å². The highest BCUT2D eigenvalue weighted by Gasteiger charge is 2.24. The Kier molecular flexibility index (Phi) is 5.02. The van der Waals surface area contributed by atoms with E-state index in [0.29, 0.717) is 5.82 Å². The van der Waals surface area contributed by atoms with Gasteiger partial charge in [0.2, 0.25) is 11.6 Å². The van der Waals surface area contributed by atoms with Crippen molar-refractivity contribution in [2.75, 3.05) is 10.6 Å². The van der Waals surface area contributed by atoms with Crippen molar-refractivity contribution < 1.29 is 4.92 Å². The second-order valence-electron chi connectivity index (χ2n) is 5.80. The zero-order valence-corrected chi connectivity index (χ0v) is 14.4. The first-order valence-electron chi connectivity index (χ1n) is 8.05. The number of hydrogen-bond donors (Lipinski definition) is 2. The highest BCUT2D eigenvalue weighted by atomic mass is 16.6. The van der Waals surface area contributed by atoms with Gasteiger partial charge < -0.3 is 10.6 Å². The maximum absolute atomic E-state index is 11.6. The Bertz CT molecular complexity index is 899. The summed E-state index contributed by atoms with van der Waals surface area (Å²) >= 11 is 0. The monoisotopic (exact) mass is 350 g/mol. The molecule has 1 atom stereocenters. The average molecular weight is 350 g/mol. The number of aromatic nitrogens is 3. The van der Waals surface area contributed by atoms with Gasteiger partial charge in [0.05, 0.1) is 11.0 Å². The number of nitrogens with zero attached hydrogens (tertiary/aromatic N) is 4. The Balaban J connectivity index is 1.91. The molecule has 1 unspecified atom stereocenters. The predicted octanol–water partition coefficient (Wildman–Crippen LogP) is 4.00. The molecule has 3 aromatic rings. The lowest BCUT2D eigenvalue weighted by Gasteiger charge is -2.15. The molecule has 8 nitrogen and oxygen atoms in total. The molecule has 2 heterocycles. The molecule has 0 fully saturated rings. The first kappa shape index (κ1) is 17.3. The van der Waals surface area contributed by atoms with E-state index in [1.54, 1.807) is 12.3 Å². The number of nitro groups is 1. The topological polar surface area (TPSA) is 106 Å². The molecule has 0 aliphatic carbocycles. The van der Waals surface area contributed by atoms with Crippen molar-refractivity contribution in [1.82, 2.24) is 15.0 Å². The second-order valence-corrected chi connectivity index (χ2v) is 5.80. The number of benzene rings is 1. The highest BCUT2D eigenvalue weighted by molar-refractivity contribution is 5.73. The Labute approximate surface area is 150 Å². The van der Waals surface area contributed by atoms with Gasteiger partial charge in [-0.3, -0.25) is 10.1 Å². The van der Waals surface area contributed by atoms with Crippen LogP contribution in [0.4, 0.5) is 23.1 Å². The first-order chi connectivity index (χ1) is 12.5. The van der Waals surface area contributed by atoms with Gasteiger partial charge in [-0.1, -0.05) is 36.4 Å². The standard InChI is InChI=1S/C18H18N6O2/c1-12-8-9-15(19-10-12)23-18-16(24(25)26)17(20-11-21-18)22-13(2)14-6-4-3-5-7-14/h3-11,13H,1-2H3,(H2,19,20,21,22,23). The minimum absolute atomic E-state index is 0.0871. The molecular formula is C18H18N6O2. The number of nitrogens with one attached hydrogen (secondary N) is 2. The molecule has 3 rings (SSSR count). The van der Waals surface area contributed by atoms with Crippen LogP contribution in [-0.4, -0.2) is 19.9 Å². The smallest absolute Gasteiger partial charge is 0.353 e. The van der Waals surface area contributed by atoms with Crippen LogP contribution in [0.2, 0.25) is 0 Å². The fourth-order valence-corrected chi connectivity index (χ4v) is 2.44. The molecule has 8 heteroatoms. The molecule has 0 saturated heterocycles. The third kappa shape index (κ3) is 3.92. The van der Waals surface area contributed by atoms with Crippen molar-refractivity contribution in [3.05, 3.63) is 76.2 Å². The Morgan fingerprint density at radius 1 is 1.04 bits per heavy atom. The van der Waals surface area contributed by atoms with Crippen molar-refractivity contribution in [3.8, 4) is 0 Å². The van der Waals surface area contributed by atoms with E-state index in [1.165, 1.54) is 6.33 Å². The summed E-state index contributed by atoms with van der Waals surface area (Å²) in [5.41, 5.74) is 1.76. The van der Waals surface area contributed by atoms with Crippen molar-refractivity contribution >= 4 is 23.1 Å². The normalized spacial score (nSPS) is 11.6. The number of aryl methyl sites for hydroxylation is 1. The van der Waals surface area contributed by atoms with Gasteiger partial charge in [0, 0.05) is 6.20 Å². The van der Waals surface area contributed by atoms with Gasteiger partial charge in [-0.25, -0.2) is 15.0 Å². The number of rotatable bonds is 6. The average Bonchev–Trinajstić information content (AvgIpc) is 2.64. The molecule has 0 aliphatic heterocycles. The SMILES string of the molecule is Cc1ccc(Nc2ncnc(NC(C)c3ccccc3)c2[N+](=O)[O-])nc1. The molecule has 2 N–H and O–H groups in total. The predicted molar refractivity (Wildman–Crippen MR) is 99.4 cm³/mol. The van der Waals surface area contributed by atoms with E-state index in [0.717, 1.165) is 11.1 Å². The molecule has 2 aromatic heterocycles. The second kappa shape index (κ2) is 7.56. The van der Waals surface area contributed by atoms with Crippen LogP contribution in [0.1, 0.15) is 24.1 Å². The van der Waals surface area contributed by atoms with Gasteiger partial charge in [0.25, 0.3) is 0 Å². The Hall–Kier alpha value is -3.55. The van der Waals surface area contributed by atoms with E-state index >= 15 is 0 Å². The summed E-state index contributed by atoms with van der Waals surface area (Å²) < 4.78 is 0. The summed E-state index contributed by atoms with van der Waals surface area (Å²) in [7, 11) is 0. The number of hydrogen-bond acceptors (Lipinski definition) is 7. The van der Waals surface area contributed by atoms with Gasteiger partial charge in [0.15, 0.2) is 0 Å². The molecule has 0 saturated carbocycles. The minimum Gasteiger partial charge on any atom is -0.358 e. The van der Waals surface area contributed by atoms with Crippen LogP contribution in [0.5, 0.6) is 0 Å². The fourth-order valence-electron chi connectivity index (χ4n) is 2.44. The number of anilines is 3. The summed E-state index contributed by atoms with van der Waals surface area (Å²) in [5.74, 6) is 0.708. The van der Waals surface area contributed by atoms with E-state index in [4.69, 9.17) is 0 Å². The Morgan fingerprint density at radius 2 is 1.77 bits per heavy atom. The zero-order valence-electron chi connectivity index (χ0n) is 14.4. The molecule has 0 aliphatic rings. The van der Waals surface area contributed by atoms with Crippen LogP contribution in [0, 0.1) is 17.0 Å². The summed E-state index contributed by atoms with van der Waals surface area (Å²) in [6.07, 6.45) is 2.95. The lowest BCUT2D eigenvalue weighted by atomic mass is 10.1. The largest absolute Gasteiger partial charge is 0.358 e. The third-order valence-electron chi connectivity index (χ3n) is 3.82. The molecule has 26 heavy (non-hydrogen) atoms. The van der Waals surface area contributed by atoms with Crippen molar-refractivity contribution in [2.24, 2.45) is 0 Å². The highest BCUT2D eigenvalue weighted by Crippen LogP contribution is 2.32. The van der Waals surface area contributed by atoms with Crippen molar-refractivity contribution in [1.29, 1.82) is 0 Å². The van der Waals surface area contributed by atoms with E-state index in [1.807, 2.05) is 50.2 Å². The summed E-state index contributed by atoms with van der Waals surface area (Å²) in [6.45, 7) is 3.83. The zero-order chi connectivity index (χ0) is 18.5. The third-order valence-corrected chi connectivity index (χ3v) is 3.82. The van der Waals surface area contributed by atoms with Crippen molar-refractivity contribution in [2.45, 2.75) is 19.9 Å². The molecule has 0 radical (unpaired) electrons. The quantitative estimate of drug-likeness (QED) is 0.511. The minimum atomic E-state index is -0.503. The fraction of sp³-hybridized carbons (Fsp3) is 0.167. The summed E-state index contributed by atoms with van der Waals surface area (Å²) in [6, 6.07) is 13.1. The molecule has 132 valence electrons. The van der Waals surface area contributed by atoms with Gasteiger partial charge >= 0.3 is 5.69 Å². The lowest BCUT2D eigenvalue weighted by Crippen LogP contribution is -2.12. The molecular weight excluding hydrogens is 332 g/mol. The number of pyridine rings is 1. The van der Waals surface area contributed by atoms with Gasteiger partial charge in [0.1, 0.15) is 12.1 Å². The summed E-state index contributed by atoms with van der Waals surface area (Å²) in [5, 5.41) is 17.6. The molecule has 0 spiro atoms. The maximum Gasteiger partial charge on any atom is 0.353 e. The van der Waals surface area contributed by atoms with Crippen LogP contribution in [-0.2, 0) is 0 Å². The molecule has 0 amide bonds. The van der Waals surface area contributed by atoms with Gasteiger partial charge in [-0.05, 0) is 31.0 Å². The van der Waals surface area contributed by atoms with Crippen LogP contribution in [0.15, 0.2) is 55.0 Å². The van der Waals surface area contributed by atoms with E-state index < -0.39 is 4.92 Å². The van der Waals surface area contributed by atoms with Crippen LogP contribution in [0.3, 0.4) is 0 Å². The van der Waals surface area contributed by atoms with Gasteiger partial charge in [-0.2, -0.15) is 0 Å². The molecule has 1 aromatic carbocycles. The van der Waals surface area contributed by atoms with Crippen LogP contribution in [0.25, 0.3) is 0 Å². The summed E-state index contributed by atoms with van der Waals surface area (Å²) in [4.78, 5) is 23.4. The van der Waals surface area contributed by atoms with Crippen LogP contribution < -0.4 is 10.6 Å². The van der Waals surface area contributed by atoms with Gasteiger partial charge in [-0.15, -0.1) is 0 Å². The van der Waals surface area contributed by atoms with Crippen molar-refractivity contribution in [3.63, 3.8) is 0 Å². The Morgan fingerprint density at radius 3 is 2.42 bits per heavy atom. The lowest BCUT2D eigenvalue weighted by molar-refractivity contribution is -0.383. The van der Waals surface area contributed by atoms with E-state index in [9.17, 15) is 10.1 Å². The van der Waals surface area contributed by atoms with Crippen LogP contribution >= 0.6 is 0 Å². The molecule has 0 bridgehead atoms.